The lowest BCUT2D eigenvalue weighted by Crippen LogP contribution is -2.22. The Kier molecular flexibility index (Phi) is 7.07. The number of rotatable bonds is 9. The van der Waals surface area contributed by atoms with Gasteiger partial charge in [-0.15, -0.1) is 11.3 Å². The molecule has 29 heavy (non-hydrogen) atoms. The molecule has 3 rings (SSSR count). The van der Waals surface area contributed by atoms with E-state index in [1.807, 2.05) is 25.3 Å². The van der Waals surface area contributed by atoms with E-state index in [1.165, 1.54) is 17.7 Å². The van der Waals surface area contributed by atoms with Crippen LogP contribution in [0.25, 0.3) is 11.4 Å². The van der Waals surface area contributed by atoms with Gasteiger partial charge >= 0.3 is 0 Å². The molecule has 0 spiro atoms. The molecule has 0 atom stereocenters. The van der Waals surface area contributed by atoms with Gasteiger partial charge in [-0.25, -0.2) is 19.3 Å². The molecular formula is C20H22FN5O2S. The molecule has 0 unspecified atom stereocenters. The quantitative estimate of drug-likeness (QED) is 0.554. The van der Waals surface area contributed by atoms with Crippen LogP contribution in [-0.4, -0.2) is 40.2 Å². The van der Waals surface area contributed by atoms with Crippen LogP contribution in [0.5, 0.6) is 5.75 Å². The maximum Gasteiger partial charge on any atom is 0.251 e. The predicted octanol–water partition coefficient (Wildman–Crippen LogP) is 3.70. The van der Waals surface area contributed by atoms with E-state index in [2.05, 4.69) is 25.6 Å². The third-order valence-electron chi connectivity index (χ3n) is 3.78. The van der Waals surface area contributed by atoms with Gasteiger partial charge in [0.2, 0.25) is 0 Å². The Hall–Kier alpha value is -3.07. The summed E-state index contributed by atoms with van der Waals surface area (Å²) in [5.74, 6) is 1.05. The SMILES string of the molecule is CC(C)Nc1cc(-c2csc(CNC(=O)c3ccc(OCCF)cc3)n2)ncn1. The third-order valence-corrected chi connectivity index (χ3v) is 4.63. The maximum absolute atomic E-state index is 12.3. The second-order valence-corrected chi connectivity index (χ2v) is 7.40. The Balaban J connectivity index is 1.58. The molecule has 152 valence electrons. The Morgan fingerprint density at radius 3 is 2.72 bits per heavy atom. The van der Waals surface area contributed by atoms with Crippen LogP contribution in [0.1, 0.15) is 29.2 Å². The first-order chi connectivity index (χ1) is 14.0. The summed E-state index contributed by atoms with van der Waals surface area (Å²) in [6, 6.07) is 8.68. The molecule has 3 aromatic rings. The zero-order valence-corrected chi connectivity index (χ0v) is 17.0. The fourth-order valence-corrected chi connectivity index (χ4v) is 3.23. The summed E-state index contributed by atoms with van der Waals surface area (Å²) in [4.78, 5) is 25.3. The van der Waals surface area contributed by atoms with Gasteiger partial charge < -0.3 is 15.4 Å². The number of halogens is 1. The second kappa shape index (κ2) is 9.92. The first-order valence-corrected chi connectivity index (χ1v) is 10.0. The zero-order valence-electron chi connectivity index (χ0n) is 16.2. The van der Waals surface area contributed by atoms with Crippen LogP contribution in [0.15, 0.2) is 42.0 Å². The Bertz CT molecular complexity index is 946. The van der Waals surface area contributed by atoms with Gasteiger partial charge in [0.15, 0.2) is 0 Å². The number of carbonyl (C=O) groups is 1. The van der Waals surface area contributed by atoms with Crippen LogP contribution in [0.3, 0.4) is 0 Å². The minimum absolute atomic E-state index is 0.000711. The van der Waals surface area contributed by atoms with E-state index in [-0.39, 0.29) is 18.6 Å². The smallest absolute Gasteiger partial charge is 0.251 e. The van der Waals surface area contributed by atoms with E-state index in [9.17, 15) is 9.18 Å². The number of thiazole rings is 1. The molecule has 1 amide bonds. The monoisotopic (exact) mass is 415 g/mol. The third kappa shape index (κ3) is 5.95. The van der Waals surface area contributed by atoms with Crippen LogP contribution in [0.4, 0.5) is 10.2 Å². The molecule has 0 bridgehead atoms. The van der Waals surface area contributed by atoms with E-state index in [0.29, 0.717) is 17.9 Å². The molecule has 0 saturated carbocycles. The van der Waals surface area contributed by atoms with Crippen molar-refractivity contribution in [3.8, 4) is 17.1 Å². The normalized spacial score (nSPS) is 10.8. The van der Waals surface area contributed by atoms with Crippen LogP contribution in [0.2, 0.25) is 0 Å². The molecule has 0 aliphatic heterocycles. The topological polar surface area (TPSA) is 89.0 Å². The van der Waals surface area contributed by atoms with E-state index in [4.69, 9.17) is 4.74 Å². The minimum atomic E-state index is -0.553. The molecule has 9 heteroatoms. The Morgan fingerprint density at radius 2 is 2.00 bits per heavy atom. The lowest BCUT2D eigenvalue weighted by Gasteiger charge is -2.08. The van der Waals surface area contributed by atoms with Crippen molar-refractivity contribution in [3.05, 3.63) is 52.6 Å². The van der Waals surface area contributed by atoms with Crippen LogP contribution in [-0.2, 0) is 6.54 Å². The molecule has 0 aliphatic carbocycles. The minimum Gasteiger partial charge on any atom is -0.491 e. The summed E-state index contributed by atoms with van der Waals surface area (Å²) in [5.41, 5.74) is 1.96. The molecule has 1 aromatic carbocycles. The first kappa shape index (κ1) is 20.7. The molecule has 0 aliphatic rings. The van der Waals surface area contributed by atoms with Crippen molar-refractivity contribution < 1.29 is 13.9 Å². The highest BCUT2D eigenvalue weighted by Gasteiger charge is 2.10. The highest BCUT2D eigenvalue weighted by Crippen LogP contribution is 2.22. The van der Waals surface area contributed by atoms with Crippen molar-refractivity contribution in [2.75, 3.05) is 18.6 Å². The number of nitrogens with one attached hydrogen (secondary N) is 2. The van der Waals surface area contributed by atoms with Gasteiger partial charge in [0.05, 0.1) is 12.2 Å². The van der Waals surface area contributed by atoms with Crippen molar-refractivity contribution in [1.29, 1.82) is 0 Å². The highest BCUT2D eigenvalue weighted by molar-refractivity contribution is 7.09. The summed E-state index contributed by atoms with van der Waals surface area (Å²) in [6.45, 7) is 3.83. The summed E-state index contributed by atoms with van der Waals surface area (Å²) in [7, 11) is 0. The largest absolute Gasteiger partial charge is 0.491 e. The number of amides is 1. The number of ether oxygens (including phenoxy) is 1. The number of carbonyl (C=O) groups excluding carboxylic acids is 1. The van der Waals surface area contributed by atoms with Gasteiger partial charge in [-0.05, 0) is 38.1 Å². The average molecular weight is 415 g/mol. The van der Waals surface area contributed by atoms with Crippen molar-refractivity contribution in [3.63, 3.8) is 0 Å². The van der Waals surface area contributed by atoms with E-state index >= 15 is 0 Å². The molecule has 2 aromatic heterocycles. The highest BCUT2D eigenvalue weighted by atomic mass is 32.1. The van der Waals surface area contributed by atoms with Gasteiger partial charge in [-0.1, -0.05) is 0 Å². The summed E-state index contributed by atoms with van der Waals surface area (Å²) in [5, 5.41) is 8.75. The van der Waals surface area contributed by atoms with E-state index in [1.54, 1.807) is 24.3 Å². The standard InChI is InChI=1S/C20H22FN5O2S/c1-13(2)25-18-9-16(23-12-24-18)17-11-29-19(26-17)10-22-20(27)14-3-5-15(6-4-14)28-8-7-21/h3-6,9,11-13H,7-8,10H2,1-2H3,(H,22,27)(H,23,24,25). The fourth-order valence-electron chi connectivity index (χ4n) is 2.50. The van der Waals surface area contributed by atoms with Crippen LogP contribution in [0, 0.1) is 0 Å². The van der Waals surface area contributed by atoms with E-state index in [0.717, 1.165) is 22.2 Å². The molecule has 0 saturated heterocycles. The summed E-state index contributed by atoms with van der Waals surface area (Å²) < 4.78 is 17.3. The zero-order chi connectivity index (χ0) is 20.6. The molecule has 0 radical (unpaired) electrons. The number of hydrogen-bond donors (Lipinski definition) is 2. The van der Waals surface area contributed by atoms with Gasteiger partial charge in [-0.2, -0.15) is 0 Å². The fraction of sp³-hybridized carbons (Fsp3) is 0.300. The van der Waals surface area contributed by atoms with Gasteiger partial charge in [-0.3, -0.25) is 4.79 Å². The van der Waals surface area contributed by atoms with Crippen LogP contribution >= 0.6 is 11.3 Å². The van der Waals surface area contributed by atoms with E-state index < -0.39 is 6.67 Å². The summed E-state index contributed by atoms with van der Waals surface area (Å²) >= 11 is 1.45. The average Bonchev–Trinajstić information content (AvgIpc) is 3.20. The number of aromatic nitrogens is 3. The lowest BCUT2D eigenvalue weighted by molar-refractivity contribution is 0.0951. The number of anilines is 1. The van der Waals surface area contributed by atoms with Crippen molar-refractivity contribution in [2.24, 2.45) is 0 Å². The first-order valence-electron chi connectivity index (χ1n) is 9.15. The van der Waals surface area contributed by atoms with Gasteiger partial charge in [0.25, 0.3) is 5.91 Å². The number of benzene rings is 1. The van der Waals surface area contributed by atoms with Crippen molar-refractivity contribution in [1.82, 2.24) is 20.3 Å². The Labute approximate surface area is 172 Å². The molecule has 2 heterocycles. The number of alkyl halides is 1. The van der Waals surface area contributed by atoms with Gasteiger partial charge in [0.1, 0.15) is 41.9 Å². The summed E-state index contributed by atoms with van der Waals surface area (Å²) in [6.07, 6.45) is 1.50. The molecule has 7 nitrogen and oxygen atoms in total. The van der Waals surface area contributed by atoms with Crippen molar-refractivity contribution in [2.45, 2.75) is 26.4 Å². The Morgan fingerprint density at radius 1 is 1.21 bits per heavy atom. The molecule has 0 fully saturated rings. The van der Waals surface area contributed by atoms with Crippen molar-refractivity contribution >= 4 is 23.1 Å². The second-order valence-electron chi connectivity index (χ2n) is 6.46. The molecular weight excluding hydrogens is 393 g/mol. The van der Waals surface area contributed by atoms with Crippen LogP contribution < -0.4 is 15.4 Å². The predicted molar refractivity (Wildman–Crippen MR) is 111 cm³/mol. The molecule has 2 N–H and O–H groups in total. The van der Waals surface area contributed by atoms with Gasteiger partial charge in [0, 0.05) is 23.1 Å². The maximum atomic E-state index is 12.3. The number of nitrogens with zero attached hydrogens (tertiary/aromatic N) is 3. The lowest BCUT2D eigenvalue weighted by atomic mass is 10.2. The number of hydrogen-bond acceptors (Lipinski definition) is 7.